The Morgan fingerprint density at radius 3 is 1.18 bits per heavy atom. The number of piperidine rings is 2. The molecule has 6 saturated heterocycles. The average Bonchev–Trinajstić information content (AvgIpc) is 0.910. The molecular weight excluding hydrogens is 2420 g/mol. The SMILES string of the molecule is C.CC(=O)O.Cc1cccc2[nH]c(=O)nc(N3CCCCC3c3cc4nc(N5CCC5)cc(N5CCOCC5)n4n3)c12.Cc1cccc2nc(Cl)nc(N3CCCCC3c3cc4nc(N5CCC5)cc(N5CCOCC5)n4n3)c12.PPP(P(P)P)P(P(P(P)P)P(P)P)P(P(P(P(P)P)P(P)P)P(P(P)P)P(P)P)P(P(P(P)P)P(P)P)P(P(P)P)P(P)P. The van der Waals surface area contributed by atoms with Gasteiger partial charge in [0, 0.05) is 107 Å². The smallest absolute Gasteiger partial charge is 0.347 e. The van der Waals surface area contributed by atoms with Gasteiger partial charge in [-0.05, 0) is 247 Å². The number of halogens is 1. The number of ether oxygens (including phenoxy) is 2. The van der Waals surface area contributed by atoms with Crippen LogP contribution >= 0.6 is 372 Å². The highest BCUT2D eigenvalue weighted by Gasteiger charge is 2.57. The number of hydrogen-bond donors (Lipinski definition) is 2. The summed E-state index contributed by atoms with van der Waals surface area (Å²) in [6, 6.07) is 21.0. The number of fused-ring (bicyclic) bond motifs is 4. The molecule has 28 unspecified atom stereocenters. The predicted molar refractivity (Wildman–Crippen MR) is 687 cm³/mol. The number of nitrogens with one attached hydrogen (secondary N) is 1. The molecule has 6 aliphatic heterocycles. The van der Waals surface area contributed by atoms with Gasteiger partial charge in [0.15, 0.2) is 11.3 Å². The van der Waals surface area contributed by atoms with Gasteiger partial charge in [-0.1, -0.05) is 39.7 Å². The topological polar surface area (TPSA) is 207 Å². The fourth-order valence-corrected chi connectivity index (χ4v) is 643. The van der Waals surface area contributed by atoms with E-state index in [-0.39, 0.29) is 177 Å². The molecule has 21 nitrogen and oxygen atoms in total. The van der Waals surface area contributed by atoms with Crippen molar-refractivity contribution in [1.29, 1.82) is 0 Å². The maximum Gasteiger partial charge on any atom is 0.347 e. The molecule has 688 valence electrons. The summed E-state index contributed by atoms with van der Waals surface area (Å²) in [6.45, 7) is 15.1. The fraction of sp³-hybridized carbons (Fsp3) is 0.491. The Morgan fingerprint density at radius 2 is 0.815 bits per heavy atom. The Labute approximate surface area is 817 Å². The van der Waals surface area contributed by atoms with E-state index >= 15 is 0 Å². The number of benzene rings is 2. The highest BCUT2D eigenvalue weighted by atomic mass is 35.5. The van der Waals surface area contributed by atoms with Gasteiger partial charge in [0.1, 0.15) is 34.9 Å². The number of nitrogens with zero attached hydrogens (tertiary/aromatic N) is 15. The summed E-state index contributed by atoms with van der Waals surface area (Å²) in [5.74, 6) is 5.04. The van der Waals surface area contributed by atoms with Crippen LogP contribution in [0.2, 0.25) is 5.28 Å². The van der Waals surface area contributed by atoms with Crippen molar-refractivity contribution in [3.05, 3.63) is 98.9 Å². The molecule has 2 N–H and O–H groups in total. The lowest BCUT2D eigenvalue weighted by Crippen LogP contribution is -2.40. The van der Waals surface area contributed by atoms with Crippen molar-refractivity contribution in [3.63, 3.8) is 0 Å². The van der Waals surface area contributed by atoms with Gasteiger partial charge in [-0.3, -0.25) is 4.79 Å². The van der Waals surface area contributed by atoms with Gasteiger partial charge in [0.25, 0.3) is 5.97 Å². The third kappa shape index (κ3) is 31.1. The lowest BCUT2D eigenvalue weighted by molar-refractivity contribution is -0.134. The number of hydrogen-bond acceptors (Lipinski definition) is 17. The van der Waals surface area contributed by atoms with Crippen molar-refractivity contribution in [3.8, 4) is 0 Å². The number of aromatic nitrogens is 10. The number of aliphatic carboxylic acids is 1. The summed E-state index contributed by atoms with van der Waals surface area (Å²) >= 11 is 6.43. The Balaban J connectivity index is 0.000000190. The average molecular weight is 2540 g/mol. The van der Waals surface area contributed by atoms with Crippen LogP contribution in [0.5, 0.6) is 0 Å². The molecule has 0 spiro atoms. The first-order chi connectivity index (χ1) is 58.5. The number of carboxylic acid groups (broad SMARTS) is 1. The predicted octanol–water partition coefficient (Wildman–Crippen LogP) is 34.4. The fourth-order valence-electron chi connectivity index (χ4n) is 14.4. The van der Waals surface area contributed by atoms with Gasteiger partial charge in [-0.25, -0.2) is 19.7 Å². The second-order valence-electron chi connectivity index (χ2n) is 28.1. The van der Waals surface area contributed by atoms with E-state index in [1.165, 1.54) is 12.8 Å². The largest absolute Gasteiger partial charge is 0.481 e. The molecule has 0 bridgehead atoms. The number of rotatable bonds is 29. The van der Waals surface area contributed by atoms with Crippen LogP contribution in [0.15, 0.2) is 65.5 Å². The minimum absolute atomic E-state index is 0. The first-order valence-electron chi connectivity index (χ1n) is 37.9. The molecule has 8 aromatic rings. The second-order valence-corrected chi connectivity index (χ2v) is 211. The number of carboxylic acids is 1. The number of anilines is 6. The van der Waals surface area contributed by atoms with Gasteiger partial charge in [-0.2, -0.15) is 29.2 Å². The molecule has 12 heterocycles. The van der Waals surface area contributed by atoms with Crippen LogP contribution in [0.3, 0.4) is 0 Å². The number of H-pyrrole nitrogens is 1. The van der Waals surface area contributed by atoms with E-state index in [2.05, 4.69) is 300 Å². The molecule has 6 aliphatic rings. The summed E-state index contributed by atoms with van der Waals surface area (Å²) in [6.07, 6.45) is 8.80. The van der Waals surface area contributed by atoms with Crippen LogP contribution in [0.25, 0.3) is 33.1 Å². The van der Waals surface area contributed by atoms with Crippen molar-refractivity contribution in [1.82, 2.24) is 49.1 Å². The maximum atomic E-state index is 12.6. The van der Waals surface area contributed by atoms with E-state index in [1.807, 2.05) is 33.3 Å². The van der Waals surface area contributed by atoms with E-state index in [1.54, 1.807) is 0 Å². The Morgan fingerprint density at radius 1 is 0.452 bits per heavy atom. The van der Waals surface area contributed by atoms with Crippen LogP contribution in [0.1, 0.15) is 100 Å². The van der Waals surface area contributed by atoms with Gasteiger partial charge >= 0.3 is 5.69 Å². The summed E-state index contributed by atoms with van der Waals surface area (Å²) in [5, 5.41) is 20.1. The first-order valence-corrected chi connectivity index (χ1v) is 120. The second kappa shape index (κ2) is 57.7. The van der Waals surface area contributed by atoms with E-state index in [0.29, 0.717) is 13.2 Å². The summed E-state index contributed by atoms with van der Waals surface area (Å²) in [7, 11) is 80.1. The van der Waals surface area contributed by atoms with Gasteiger partial charge in [-0.15, -0.1) is 205 Å². The zero-order valence-electron chi connectivity index (χ0n) is 67.8. The Bertz CT molecular complexity index is 4730. The van der Waals surface area contributed by atoms with E-state index in [4.69, 9.17) is 56.1 Å². The lowest BCUT2D eigenvalue weighted by atomic mass is 9.98. The number of aryl methyl sites for hydroxylation is 2. The first kappa shape index (κ1) is 118. The van der Waals surface area contributed by atoms with Crippen molar-refractivity contribution in [2.75, 3.05) is 121 Å². The third-order valence-corrected chi connectivity index (χ3v) is 328. The monoisotopic (exact) mass is 2540 g/mol. The molecule has 6 aromatic heterocycles. The molecule has 0 saturated carbocycles. The normalized spacial score (nSPS) is 18.2. The van der Waals surface area contributed by atoms with Gasteiger partial charge in [0.2, 0.25) is 5.28 Å². The summed E-state index contributed by atoms with van der Waals surface area (Å²) in [4.78, 5) is 62.4. The van der Waals surface area contributed by atoms with Crippen LogP contribution < -0.4 is 35.1 Å². The molecule has 0 aliphatic carbocycles. The van der Waals surface area contributed by atoms with Crippen LogP contribution in [-0.4, -0.2) is 152 Å². The van der Waals surface area contributed by atoms with E-state index < -0.39 is 5.97 Å². The molecule has 67 heteroatoms. The van der Waals surface area contributed by atoms with E-state index in [0.717, 1.165) is 223 Å². The van der Waals surface area contributed by atoms with Crippen molar-refractivity contribution < 1.29 is 19.4 Å². The van der Waals surface area contributed by atoms with Gasteiger partial charge in [0.05, 0.1) is 60.9 Å². The van der Waals surface area contributed by atoms with Crippen molar-refractivity contribution in [2.24, 2.45) is 0 Å². The number of carbonyl (C=O) groups is 1. The van der Waals surface area contributed by atoms with Crippen molar-refractivity contribution >= 4 is 446 Å². The summed E-state index contributed by atoms with van der Waals surface area (Å²) in [5.41, 5.74) is 7.41. The zero-order chi connectivity index (χ0) is 89.3. The quantitative estimate of drug-likeness (QED) is 0.0330. The van der Waals surface area contributed by atoms with Crippen LogP contribution in [-0.2, 0) is 14.3 Å². The van der Waals surface area contributed by atoms with Gasteiger partial charge < -0.3 is 49.0 Å². The van der Waals surface area contributed by atoms with Crippen LogP contribution in [0, 0.1) is 13.8 Å². The summed E-state index contributed by atoms with van der Waals surface area (Å²) < 4.78 is 15.3. The lowest BCUT2D eigenvalue weighted by Gasteiger charge is -2.57. The standard InChI is InChI=1S/C27H31ClN8O.C27H32N8O2.C2H4O2.CH4.H47P45/c1-18-6-4-7-19-25(18)26(31-27(28)29-19)35-11-3-2-8-21(35)20-16-23-30-22(33-9-5-10-33)17-24(36(23)32-20)34-12-14-37-15-13-34;1-18-6-4-7-19-25(18)26(30-27(36)28-19)34-11-3-2-8-21(34)20-16-23-29-22(32-9-5-10-32)17-24(35(23)31-20)33-12-14-37-15-13-33;1-2(3)4;;1-24-36(25(2)3)42(37(26(4)5)27(6)7)45(43(38(28(8)9)29(10)11)39(30(12)13)31(14)15)44(40(32(16)17)33(18)19)41(34(20)21)35(22)23/h4,6-7,16-17,21H,2-3,5,8-15H2,1H3;4,6-7,16-17,21H,2-3,5,8-15H2,1H3,(H,28,30,36);1H3,(H,3,4);1H4;24H,1-23H2. The molecule has 14 rings (SSSR count). The van der Waals surface area contributed by atoms with Crippen molar-refractivity contribution in [2.45, 2.75) is 91.6 Å². The Hall–Kier alpha value is 12.0. The highest BCUT2D eigenvalue weighted by Crippen LogP contribution is 3.45. The molecular formula is C57H118ClN16O5P45. The zero-order valence-corrected chi connectivity index (χ0v) is 115. The van der Waals surface area contributed by atoms with Crippen LogP contribution in [0.4, 0.5) is 34.9 Å². The minimum atomic E-state index is -0.833. The molecule has 28 atom stereocenters. The number of morpholine rings is 2. The molecule has 6 fully saturated rings. The maximum absolute atomic E-state index is 12.6. The Kier molecular flexibility index (Phi) is 54.8. The minimum Gasteiger partial charge on any atom is -0.481 e. The third-order valence-electron chi connectivity index (χ3n) is 19.8. The molecule has 124 heavy (non-hydrogen) atoms. The highest BCUT2D eigenvalue weighted by molar-refractivity contribution is 9.50. The van der Waals surface area contributed by atoms with E-state index in [9.17, 15) is 4.79 Å². The number of aromatic amines is 1. The molecule has 2 aromatic carbocycles. The molecule has 0 radical (unpaired) electrons. The molecule has 0 amide bonds.